The van der Waals surface area contributed by atoms with Crippen LogP contribution in [0.15, 0.2) is 332 Å². The largest absolute Gasteiger partial charge is 0.456 e. The van der Waals surface area contributed by atoms with Crippen LogP contribution in [-0.2, 0) is 0 Å². The van der Waals surface area contributed by atoms with Crippen LogP contribution >= 0.6 is 0 Å². The Bertz CT molecular complexity index is 6740. The molecule has 0 spiro atoms. The molecule has 0 N–H and O–H groups in total. The Morgan fingerprint density at radius 1 is 0.216 bits per heavy atom. The molecule has 0 unspecified atom stereocenters. The molecule has 0 fully saturated rings. The third-order valence-electron chi connectivity index (χ3n) is 19.5. The molecule has 7 aromatic heterocycles. The highest BCUT2D eigenvalue weighted by Crippen LogP contribution is 2.45. The molecule has 21 aromatic rings. The van der Waals surface area contributed by atoms with Crippen LogP contribution in [0.4, 0.5) is 0 Å². The van der Waals surface area contributed by atoms with E-state index in [2.05, 4.69) is 309 Å². The minimum Gasteiger partial charge on any atom is -0.456 e. The first-order valence-corrected chi connectivity index (χ1v) is 32.8. The third kappa shape index (κ3) is 8.45. The molecule has 21 rings (SSSR count). The molecule has 9 nitrogen and oxygen atoms in total. The maximum atomic E-state index is 6.31. The Balaban J connectivity index is 0.000000132. The number of rotatable bonds is 7. The van der Waals surface area contributed by atoms with Gasteiger partial charge in [-0.25, -0.2) is 19.9 Å². The smallest absolute Gasteiger partial charge is 0.235 e. The number of hydrogen-bond acceptors (Lipinski definition) is 5. The van der Waals surface area contributed by atoms with Crippen molar-refractivity contribution in [3.05, 3.63) is 328 Å². The molecule has 0 radical (unpaired) electrons. The van der Waals surface area contributed by atoms with Crippen LogP contribution < -0.4 is 0 Å². The highest BCUT2D eigenvalue weighted by Gasteiger charge is 2.26. The van der Waals surface area contributed by atoms with Crippen LogP contribution in [0.3, 0.4) is 0 Å². The van der Waals surface area contributed by atoms with Crippen molar-refractivity contribution < 1.29 is 4.42 Å². The van der Waals surface area contributed by atoms with Crippen LogP contribution in [0.25, 0.3) is 188 Å². The standard InChI is InChI=1S/C44H26N4O.C44H28N4/c1-2-12-28(13-3-1)47-36-19-9-5-14-29(36)32-24-25-38-41(43(32)47)34-17-6-10-20-37(34)48(38)44-45-35-18-8-4-16-33(35)42(46-44)27-22-23-31-30-15-7-11-21-39(30)49-40(31)26-27;1-3-13-29(14-4-1)30-23-25-31(26-24-30)42-35-18-7-10-20-37(35)45-44(46-42)48-39-22-12-9-19-36(39)41-40(48)28-27-34-33-17-8-11-21-38(33)47(43(34)41)32-15-5-2-6-16-32/h1-26H;1-28H. The fourth-order valence-corrected chi connectivity index (χ4v) is 15.2. The van der Waals surface area contributed by atoms with E-state index in [1.807, 2.05) is 36.4 Å². The molecule has 0 aliphatic rings. The minimum absolute atomic E-state index is 0.631. The lowest BCUT2D eigenvalue weighted by molar-refractivity contribution is 0.669. The van der Waals surface area contributed by atoms with Crippen molar-refractivity contribution >= 4 is 131 Å². The fourth-order valence-electron chi connectivity index (χ4n) is 15.2. The number of fused-ring (bicyclic) bond motifs is 19. The second-order valence-corrected chi connectivity index (χ2v) is 24.8. The van der Waals surface area contributed by atoms with Gasteiger partial charge in [0.15, 0.2) is 0 Å². The van der Waals surface area contributed by atoms with Crippen LogP contribution in [-0.4, -0.2) is 38.2 Å². The lowest BCUT2D eigenvalue weighted by Gasteiger charge is -2.12. The van der Waals surface area contributed by atoms with Crippen LogP contribution in [0.5, 0.6) is 0 Å². The first kappa shape index (κ1) is 54.3. The second-order valence-electron chi connectivity index (χ2n) is 24.8. The predicted octanol–water partition coefficient (Wildman–Crippen LogP) is 22.5. The van der Waals surface area contributed by atoms with Gasteiger partial charge in [0.1, 0.15) is 11.2 Å². The van der Waals surface area contributed by atoms with Gasteiger partial charge >= 0.3 is 0 Å². The van der Waals surface area contributed by atoms with Gasteiger partial charge in [-0.2, -0.15) is 0 Å². The van der Waals surface area contributed by atoms with Crippen molar-refractivity contribution in [2.24, 2.45) is 0 Å². The summed E-state index contributed by atoms with van der Waals surface area (Å²) in [4.78, 5) is 21.2. The molecule has 14 aromatic carbocycles. The lowest BCUT2D eigenvalue weighted by Crippen LogP contribution is -2.03. The normalized spacial score (nSPS) is 11.9. The van der Waals surface area contributed by atoms with Gasteiger partial charge in [-0.05, 0) is 102 Å². The highest BCUT2D eigenvalue weighted by atomic mass is 16.3. The lowest BCUT2D eigenvalue weighted by atomic mass is 10.0. The summed E-state index contributed by atoms with van der Waals surface area (Å²) in [6.45, 7) is 0. The first-order chi connectivity index (χ1) is 48.1. The zero-order valence-electron chi connectivity index (χ0n) is 52.2. The predicted molar refractivity (Wildman–Crippen MR) is 400 cm³/mol. The highest BCUT2D eigenvalue weighted by molar-refractivity contribution is 6.28. The summed E-state index contributed by atoms with van der Waals surface area (Å²) >= 11 is 0. The summed E-state index contributed by atoms with van der Waals surface area (Å²) in [7, 11) is 0. The van der Waals surface area contributed by atoms with Gasteiger partial charge in [0.2, 0.25) is 11.9 Å². The van der Waals surface area contributed by atoms with Gasteiger partial charge < -0.3 is 13.6 Å². The van der Waals surface area contributed by atoms with Crippen LogP contribution in [0.2, 0.25) is 0 Å². The number of para-hydroxylation sites is 9. The van der Waals surface area contributed by atoms with Crippen molar-refractivity contribution in [2.75, 3.05) is 0 Å². The van der Waals surface area contributed by atoms with Gasteiger partial charge in [0, 0.05) is 87.1 Å². The topological polar surface area (TPSA) is 84.4 Å². The van der Waals surface area contributed by atoms with E-state index < -0.39 is 0 Å². The number of furan rings is 1. The molecule has 0 saturated heterocycles. The molecule has 9 heteroatoms. The molecule has 0 bridgehead atoms. The zero-order valence-corrected chi connectivity index (χ0v) is 52.2. The third-order valence-corrected chi connectivity index (χ3v) is 19.5. The zero-order chi connectivity index (χ0) is 63.7. The Kier molecular flexibility index (Phi) is 12.1. The molecular weight excluding hydrogens is 1190 g/mol. The van der Waals surface area contributed by atoms with Crippen molar-refractivity contribution in [3.8, 4) is 56.9 Å². The number of hydrogen-bond donors (Lipinski definition) is 0. The van der Waals surface area contributed by atoms with Gasteiger partial charge in [-0.3, -0.25) is 9.13 Å². The molecule has 0 atom stereocenters. The Morgan fingerprint density at radius 2 is 0.577 bits per heavy atom. The fraction of sp³-hybridized carbons (Fsp3) is 0. The number of aromatic nitrogens is 8. The van der Waals surface area contributed by atoms with Crippen molar-refractivity contribution in [2.45, 2.75) is 0 Å². The number of nitrogens with zero attached hydrogens (tertiary/aromatic N) is 8. The van der Waals surface area contributed by atoms with E-state index in [-0.39, 0.29) is 0 Å². The number of benzene rings is 14. The monoisotopic (exact) mass is 1240 g/mol. The summed E-state index contributed by atoms with van der Waals surface area (Å²) in [5, 5.41) is 13.8. The second kappa shape index (κ2) is 21.7. The van der Waals surface area contributed by atoms with Gasteiger partial charge in [0.05, 0.1) is 66.6 Å². The molecular formula is C88H54N8O. The van der Waals surface area contributed by atoms with E-state index in [0.717, 1.165) is 105 Å². The molecule has 0 amide bonds. The van der Waals surface area contributed by atoms with E-state index in [1.54, 1.807) is 0 Å². The van der Waals surface area contributed by atoms with E-state index in [0.29, 0.717) is 11.9 Å². The molecule has 452 valence electrons. The van der Waals surface area contributed by atoms with Gasteiger partial charge in [-0.15, -0.1) is 0 Å². The van der Waals surface area contributed by atoms with Crippen LogP contribution in [0, 0.1) is 0 Å². The molecule has 97 heavy (non-hydrogen) atoms. The first-order valence-electron chi connectivity index (χ1n) is 32.8. The van der Waals surface area contributed by atoms with Gasteiger partial charge in [0.25, 0.3) is 0 Å². The van der Waals surface area contributed by atoms with E-state index in [4.69, 9.17) is 24.4 Å². The molecule has 0 aliphatic heterocycles. The molecule has 7 heterocycles. The van der Waals surface area contributed by atoms with Crippen LogP contribution in [0.1, 0.15) is 0 Å². The summed E-state index contributed by atoms with van der Waals surface area (Å²) in [6, 6.07) is 115. The summed E-state index contributed by atoms with van der Waals surface area (Å²) in [5.41, 5.74) is 21.0. The maximum absolute atomic E-state index is 6.31. The van der Waals surface area contributed by atoms with Gasteiger partial charge in [-0.1, -0.05) is 237 Å². The Labute approximate surface area is 554 Å². The minimum atomic E-state index is 0.631. The van der Waals surface area contributed by atoms with Crippen molar-refractivity contribution in [1.29, 1.82) is 0 Å². The van der Waals surface area contributed by atoms with Crippen molar-refractivity contribution in [3.63, 3.8) is 0 Å². The van der Waals surface area contributed by atoms with E-state index in [9.17, 15) is 0 Å². The Hall–Kier alpha value is -13.2. The molecule has 0 saturated carbocycles. The average molecular weight is 1240 g/mol. The summed E-state index contributed by atoms with van der Waals surface area (Å²) in [6.07, 6.45) is 0. The maximum Gasteiger partial charge on any atom is 0.235 e. The SMILES string of the molecule is c1ccc(-c2ccc(-c3nc(-n4c5ccccc5c5c4ccc4c6ccccc6n(-c6ccccc6)c45)nc4ccccc34)cc2)cc1.c1ccc(-n2c3ccccc3c3ccc4c(c5ccccc5n4-c4nc(-c5ccc6c(c5)oc5ccccc56)c5ccccc5n4)c32)cc1. The summed E-state index contributed by atoms with van der Waals surface area (Å²) in [5.74, 6) is 1.29. The molecule has 0 aliphatic carbocycles. The van der Waals surface area contributed by atoms with E-state index >= 15 is 0 Å². The van der Waals surface area contributed by atoms with E-state index in [1.165, 1.54) is 70.9 Å². The Morgan fingerprint density at radius 3 is 1.09 bits per heavy atom. The quantitative estimate of drug-likeness (QED) is 0.159. The van der Waals surface area contributed by atoms with Crippen molar-refractivity contribution in [1.82, 2.24) is 38.2 Å². The average Bonchev–Trinajstić information content (AvgIpc) is 1.55. The summed E-state index contributed by atoms with van der Waals surface area (Å²) < 4.78 is 15.6.